The predicted octanol–water partition coefficient (Wildman–Crippen LogP) is 4.51. The Labute approximate surface area is 130 Å². The molecule has 1 heterocycles. The summed E-state index contributed by atoms with van der Waals surface area (Å²) < 4.78 is 37.0. The van der Waals surface area contributed by atoms with Crippen LogP contribution in [-0.4, -0.2) is 16.2 Å². The van der Waals surface area contributed by atoms with Crippen molar-refractivity contribution >= 4 is 51.4 Å². The molecule has 21 heavy (non-hydrogen) atoms. The first-order valence-corrected chi connectivity index (χ1v) is 6.77. The smallest absolute Gasteiger partial charge is 0.306 e. The minimum Gasteiger partial charge on any atom is -0.306 e. The van der Waals surface area contributed by atoms with E-state index in [1.165, 1.54) is 12.1 Å². The number of carbonyl (C=O) groups is 1. The lowest BCUT2D eigenvalue weighted by molar-refractivity contribution is -0.138. The van der Waals surface area contributed by atoms with Crippen LogP contribution < -0.4 is 10.6 Å². The first-order chi connectivity index (χ1) is 9.77. The molecular formula is C10H5Cl2F3N4OS. The highest BCUT2D eigenvalue weighted by molar-refractivity contribution is 7.15. The largest absolute Gasteiger partial charge is 0.445 e. The van der Waals surface area contributed by atoms with Crippen LogP contribution >= 0.6 is 34.5 Å². The monoisotopic (exact) mass is 356 g/mol. The highest BCUT2D eigenvalue weighted by atomic mass is 35.5. The number of aromatic nitrogens is 2. The molecule has 11 heteroatoms. The Bertz CT molecular complexity index is 677. The number of carbonyl (C=O) groups excluding carboxylic acids is 1. The first kappa shape index (κ1) is 15.8. The highest BCUT2D eigenvalue weighted by Crippen LogP contribution is 2.33. The molecule has 2 amide bonds. The van der Waals surface area contributed by atoms with Crippen molar-refractivity contribution in [2.24, 2.45) is 0 Å². The van der Waals surface area contributed by atoms with Gasteiger partial charge in [-0.3, -0.25) is 5.32 Å². The molecule has 0 radical (unpaired) electrons. The van der Waals surface area contributed by atoms with Crippen LogP contribution in [0.1, 0.15) is 5.01 Å². The van der Waals surface area contributed by atoms with Crippen molar-refractivity contribution in [3.63, 3.8) is 0 Å². The second-order valence-electron chi connectivity index (χ2n) is 3.59. The number of alkyl halides is 3. The van der Waals surface area contributed by atoms with Crippen LogP contribution in [0.15, 0.2) is 18.2 Å². The topological polar surface area (TPSA) is 66.9 Å². The van der Waals surface area contributed by atoms with Gasteiger partial charge in [-0.1, -0.05) is 40.6 Å². The Kier molecular flexibility index (Phi) is 4.55. The molecule has 112 valence electrons. The van der Waals surface area contributed by atoms with Gasteiger partial charge in [0.05, 0.1) is 15.7 Å². The SMILES string of the molecule is O=C(Nc1nnc(C(F)(F)F)s1)Nc1cccc(Cl)c1Cl. The fourth-order valence-corrected chi connectivity index (χ4v) is 2.19. The van der Waals surface area contributed by atoms with Gasteiger partial charge in [0.25, 0.3) is 0 Å². The number of nitrogens with one attached hydrogen (secondary N) is 2. The number of rotatable bonds is 2. The number of anilines is 2. The number of benzene rings is 1. The molecule has 2 N–H and O–H groups in total. The molecule has 1 aromatic heterocycles. The fraction of sp³-hybridized carbons (Fsp3) is 0.100. The lowest BCUT2D eigenvalue weighted by atomic mass is 10.3. The standard InChI is InChI=1S/C10H5Cl2F3N4OS/c11-4-2-1-3-5(6(4)12)16-8(20)17-9-19-18-7(21-9)10(13,14)15/h1-3H,(H2,16,17,19,20). The molecule has 5 nitrogen and oxygen atoms in total. The maximum atomic E-state index is 12.3. The van der Waals surface area contributed by atoms with E-state index in [0.29, 0.717) is 0 Å². The van der Waals surface area contributed by atoms with Gasteiger partial charge >= 0.3 is 12.2 Å². The third-order valence-corrected chi connectivity index (χ3v) is 3.79. The Morgan fingerprint density at radius 2 is 1.90 bits per heavy atom. The van der Waals surface area contributed by atoms with Gasteiger partial charge in [0, 0.05) is 0 Å². The van der Waals surface area contributed by atoms with Crippen LogP contribution in [0.25, 0.3) is 0 Å². The maximum Gasteiger partial charge on any atom is 0.445 e. The van der Waals surface area contributed by atoms with Crippen LogP contribution in [0.2, 0.25) is 10.0 Å². The Hall–Kier alpha value is -1.58. The van der Waals surface area contributed by atoms with E-state index in [1.807, 2.05) is 0 Å². The Morgan fingerprint density at radius 1 is 1.19 bits per heavy atom. The highest BCUT2D eigenvalue weighted by Gasteiger charge is 2.35. The minimum absolute atomic E-state index is 0.113. The summed E-state index contributed by atoms with van der Waals surface area (Å²) in [6, 6.07) is 3.74. The molecule has 0 atom stereocenters. The molecule has 2 rings (SSSR count). The molecular weight excluding hydrogens is 352 g/mol. The normalized spacial score (nSPS) is 11.3. The molecule has 0 spiro atoms. The molecule has 0 unspecified atom stereocenters. The van der Waals surface area contributed by atoms with Crippen LogP contribution in [0.3, 0.4) is 0 Å². The molecule has 0 aliphatic rings. The van der Waals surface area contributed by atoms with Crippen molar-refractivity contribution in [2.75, 3.05) is 10.6 Å². The molecule has 1 aromatic carbocycles. The molecule has 0 aliphatic heterocycles. The molecule has 0 bridgehead atoms. The zero-order chi connectivity index (χ0) is 15.6. The van der Waals surface area contributed by atoms with Crippen molar-refractivity contribution < 1.29 is 18.0 Å². The maximum absolute atomic E-state index is 12.3. The van der Waals surface area contributed by atoms with Gasteiger partial charge in [-0.15, -0.1) is 10.2 Å². The van der Waals surface area contributed by atoms with Gasteiger partial charge in [0.2, 0.25) is 10.1 Å². The van der Waals surface area contributed by atoms with Crippen molar-refractivity contribution in [1.29, 1.82) is 0 Å². The average Bonchev–Trinajstić information content (AvgIpc) is 2.83. The second kappa shape index (κ2) is 6.04. The zero-order valence-electron chi connectivity index (χ0n) is 9.83. The number of halogens is 5. The quantitative estimate of drug-likeness (QED) is 0.831. The van der Waals surface area contributed by atoms with E-state index in [-0.39, 0.29) is 32.2 Å². The van der Waals surface area contributed by atoms with E-state index in [0.717, 1.165) is 0 Å². The van der Waals surface area contributed by atoms with Gasteiger partial charge in [0.15, 0.2) is 0 Å². The van der Waals surface area contributed by atoms with E-state index in [4.69, 9.17) is 23.2 Å². The van der Waals surface area contributed by atoms with E-state index in [1.54, 1.807) is 6.07 Å². The third-order valence-electron chi connectivity index (χ3n) is 2.09. The first-order valence-electron chi connectivity index (χ1n) is 5.20. The molecule has 0 saturated heterocycles. The molecule has 0 fully saturated rings. The molecule has 0 aliphatic carbocycles. The summed E-state index contributed by atoms with van der Waals surface area (Å²) in [5.74, 6) is 0. The van der Waals surface area contributed by atoms with Gasteiger partial charge in [-0.25, -0.2) is 4.79 Å². The van der Waals surface area contributed by atoms with Crippen LogP contribution in [-0.2, 0) is 6.18 Å². The number of amides is 2. The summed E-state index contributed by atoms with van der Waals surface area (Å²) in [6.07, 6.45) is -4.61. The van der Waals surface area contributed by atoms with Crippen molar-refractivity contribution in [3.05, 3.63) is 33.3 Å². The van der Waals surface area contributed by atoms with Gasteiger partial charge in [-0.2, -0.15) is 13.2 Å². The summed E-state index contributed by atoms with van der Waals surface area (Å²) in [4.78, 5) is 11.6. The van der Waals surface area contributed by atoms with E-state index < -0.39 is 17.2 Å². The van der Waals surface area contributed by atoms with Crippen molar-refractivity contribution in [3.8, 4) is 0 Å². The molecule has 0 saturated carbocycles. The second-order valence-corrected chi connectivity index (χ2v) is 5.35. The van der Waals surface area contributed by atoms with Gasteiger partial charge < -0.3 is 5.32 Å². The summed E-state index contributed by atoms with van der Waals surface area (Å²) in [5.41, 5.74) is 0.210. The lowest BCUT2D eigenvalue weighted by Gasteiger charge is -2.07. The number of nitrogens with zero attached hydrogens (tertiary/aromatic N) is 2. The van der Waals surface area contributed by atoms with Crippen molar-refractivity contribution in [1.82, 2.24) is 10.2 Å². The van der Waals surface area contributed by atoms with Crippen molar-refractivity contribution in [2.45, 2.75) is 6.18 Å². The zero-order valence-corrected chi connectivity index (χ0v) is 12.2. The summed E-state index contributed by atoms with van der Waals surface area (Å²) >= 11 is 11.8. The van der Waals surface area contributed by atoms with E-state index in [9.17, 15) is 18.0 Å². The summed E-state index contributed by atoms with van der Waals surface area (Å²) in [5, 5.41) is 9.51. The fourth-order valence-electron chi connectivity index (χ4n) is 1.24. The Balaban J connectivity index is 2.05. The number of hydrogen-bond donors (Lipinski definition) is 2. The lowest BCUT2D eigenvalue weighted by Crippen LogP contribution is -2.19. The van der Waals surface area contributed by atoms with Crippen LogP contribution in [0, 0.1) is 0 Å². The number of hydrogen-bond acceptors (Lipinski definition) is 4. The van der Waals surface area contributed by atoms with E-state index in [2.05, 4.69) is 20.8 Å². The summed E-state index contributed by atoms with van der Waals surface area (Å²) in [6.45, 7) is 0. The van der Waals surface area contributed by atoms with Gasteiger partial charge in [0.1, 0.15) is 0 Å². The summed E-state index contributed by atoms with van der Waals surface area (Å²) in [7, 11) is 0. The van der Waals surface area contributed by atoms with Crippen LogP contribution in [0.4, 0.5) is 28.8 Å². The number of urea groups is 1. The molecule has 2 aromatic rings. The predicted molar refractivity (Wildman–Crippen MR) is 74.0 cm³/mol. The third kappa shape index (κ3) is 3.96. The minimum atomic E-state index is -4.61. The Morgan fingerprint density at radius 3 is 2.52 bits per heavy atom. The van der Waals surface area contributed by atoms with Gasteiger partial charge in [-0.05, 0) is 12.1 Å². The van der Waals surface area contributed by atoms with Crippen LogP contribution in [0.5, 0.6) is 0 Å². The van der Waals surface area contributed by atoms with E-state index >= 15 is 0 Å². The average molecular weight is 357 g/mol.